The van der Waals surface area contributed by atoms with Gasteiger partial charge in [0.1, 0.15) is 0 Å². The van der Waals surface area contributed by atoms with E-state index in [0.717, 1.165) is 16.5 Å². The quantitative estimate of drug-likeness (QED) is 0.676. The molecule has 0 fully saturated rings. The van der Waals surface area contributed by atoms with Crippen LogP contribution in [0.2, 0.25) is 0 Å². The Bertz CT molecular complexity index is 517. The number of benzene rings is 1. The zero-order valence-corrected chi connectivity index (χ0v) is 7.97. The van der Waals surface area contributed by atoms with Crippen molar-refractivity contribution < 1.29 is 8.42 Å². The van der Waals surface area contributed by atoms with Crippen LogP contribution in [-0.2, 0) is 10.7 Å². The molecule has 0 amide bonds. The number of hydrogen-bond acceptors (Lipinski definition) is 2. The lowest BCUT2D eigenvalue weighted by atomic mass is 10.2. The molecule has 4 heteroatoms. The van der Waals surface area contributed by atoms with Gasteiger partial charge in [0, 0.05) is 17.1 Å². The fraction of sp³-hybridized carbons (Fsp3) is 0.111. The van der Waals surface area contributed by atoms with E-state index in [0.29, 0.717) is 4.90 Å². The molecule has 13 heavy (non-hydrogen) atoms. The topological polar surface area (TPSA) is 49.9 Å². The molecule has 1 heterocycles. The molecule has 0 aliphatic rings. The van der Waals surface area contributed by atoms with Gasteiger partial charge >= 0.3 is 0 Å². The Morgan fingerprint density at radius 2 is 2.08 bits per heavy atom. The van der Waals surface area contributed by atoms with E-state index in [-0.39, 0.29) is 0 Å². The Morgan fingerprint density at radius 1 is 1.31 bits per heavy atom. The minimum Gasteiger partial charge on any atom is -0.360 e. The molecule has 0 saturated heterocycles. The second-order valence-corrected chi connectivity index (χ2v) is 3.98. The summed E-state index contributed by atoms with van der Waals surface area (Å²) in [6, 6.07) is 5.65. The van der Waals surface area contributed by atoms with E-state index in [1.165, 1.54) is 6.20 Å². The van der Waals surface area contributed by atoms with E-state index in [1.807, 2.05) is 25.1 Å². The molecule has 1 aromatic heterocycles. The summed E-state index contributed by atoms with van der Waals surface area (Å²) >= 11 is 0. The fourth-order valence-corrected chi connectivity index (χ4v) is 1.94. The number of aromatic amines is 1. The molecule has 1 aromatic carbocycles. The summed E-state index contributed by atoms with van der Waals surface area (Å²) in [5, 5.41) is 0.765. The van der Waals surface area contributed by atoms with Gasteiger partial charge in [-0.2, -0.15) is 0 Å². The number of hydrogen-bond donors (Lipinski definition) is 2. The molecule has 1 N–H and O–H groups in total. The molecule has 2 rings (SSSR count). The number of thiol groups is 1. The molecule has 3 nitrogen and oxygen atoms in total. The first-order valence-electron chi connectivity index (χ1n) is 3.90. The fourth-order valence-electron chi connectivity index (χ4n) is 1.38. The highest BCUT2D eigenvalue weighted by atomic mass is 32.2. The maximum absolute atomic E-state index is 10.8. The predicted molar refractivity (Wildman–Crippen MR) is 51.6 cm³/mol. The Kier molecular flexibility index (Phi) is 1.84. The van der Waals surface area contributed by atoms with E-state index < -0.39 is 10.7 Å². The van der Waals surface area contributed by atoms with Gasteiger partial charge in [-0.1, -0.05) is 12.1 Å². The van der Waals surface area contributed by atoms with Crippen molar-refractivity contribution in [3.63, 3.8) is 0 Å². The summed E-state index contributed by atoms with van der Waals surface area (Å²) in [6.45, 7) is 1.97. The lowest BCUT2D eigenvalue weighted by Crippen LogP contribution is -1.76. The SMILES string of the molecule is Cc1ccc2c([SH](=O)=O)c[nH]c2c1. The van der Waals surface area contributed by atoms with Crippen molar-refractivity contribution in [2.75, 3.05) is 0 Å². The first-order valence-corrected chi connectivity index (χ1v) is 5.08. The smallest absolute Gasteiger partial charge is 0.170 e. The monoisotopic (exact) mass is 195 g/mol. The molecular weight excluding hydrogens is 186 g/mol. The van der Waals surface area contributed by atoms with Gasteiger partial charge in [0.2, 0.25) is 0 Å². The van der Waals surface area contributed by atoms with Gasteiger partial charge in [0.15, 0.2) is 10.7 Å². The molecule has 0 saturated carbocycles. The van der Waals surface area contributed by atoms with Crippen LogP contribution in [0.15, 0.2) is 29.3 Å². The first kappa shape index (κ1) is 8.31. The van der Waals surface area contributed by atoms with Crippen LogP contribution in [0, 0.1) is 6.92 Å². The molecule has 0 unspecified atom stereocenters. The largest absolute Gasteiger partial charge is 0.360 e. The summed E-state index contributed by atoms with van der Waals surface area (Å²) < 4.78 is 21.6. The van der Waals surface area contributed by atoms with Gasteiger partial charge in [-0.15, -0.1) is 0 Å². The average Bonchev–Trinajstić information content (AvgIpc) is 2.46. The van der Waals surface area contributed by atoms with Crippen LogP contribution in [0.25, 0.3) is 10.9 Å². The van der Waals surface area contributed by atoms with Crippen molar-refractivity contribution in [2.24, 2.45) is 0 Å². The molecule has 0 spiro atoms. The highest BCUT2D eigenvalue weighted by molar-refractivity contribution is 7.72. The van der Waals surface area contributed by atoms with Crippen LogP contribution in [0.5, 0.6) is 0 Å². The normalized spacial score (nSPS) is 11.2. The summed E-state index contributed by atoms with van der Waals surface area (Å²) in [5.41, 5.74) is 1.98. The molecule has 68 valence electrons. The van der Waals surface area contributed by atoms with E-state index >= 15 is 0 Å². The van der Waals surface area contributed by atoms with Crippen molar-refractivity contribution in [3.05, 3.63) is 30.0 Å². The molecular formula is C9H9NO2S. The van der Waals surface area contributed by atoms with E-state index in [2.05, 4.69) is 4.98 Å². The summed E-state index contributed by atoms with van der Waals surface area (Å²) in [4.78, 5) is 3.29. The van der Waals surface area contributed by atoms with Gasteiger partial charge in [-0.25, -0.2) is 8.42 Å². The maximum atomic E-state index is 10.8. The highest BCUT2D eigenvalue weighted by Crippen LogP contribution is 2.19. The van der Waals surface area contributed by atoms with Crippen LogP contribution in [-0.4, -0.2) is 13.4 Å². The van der Waals surface area contributed by atoms with Crippen LogP contribution in [0.1, 0.15) is 5.56 Å². The minimum absolute atomic E-state index is 0.366. The van der Waals surface area contributed by atoms with Crippen LogP contribution in [0.3, 0.4) is 0 Å². The Hall–Kier alpha value is -1.29. The Labute approximate surface area is 77.3 Å². The first-order chi connectivity index (χ1) is 6.18. The van der Waals surface area contributed by atoms with Gasteiger partial charge in [-0.05, 0) is 18.6 Å². The number of nitrogens with one attached hydrogen (secondary N) is 1. The summed E-state index contributed by atoms with van der Waals surface area (Å²) in [5.74, 6) is 0. The van der Waals surface area contributed by atoms with Crippen molar-refractivity contribution >= 4 is 21.6 Å². The maximum Gasteiger partial charge on any atom is 0.170 e. The van der Waals surface area contributed by atoms with Crippen LogP contribution in [0.4, 0.5) is 0 Å². The number of fused-ring (bicyclic) bond motifs is 1. The zero-order valence-electron chi connectivity index (χ0n) is 7.07. The van der Waals surface area contributed by atoms with Gasteiger partial charge in [0.25, 0.3) is 0 Å². The van der Waals surface area contributed by atoms with Crippen molar-refractivity contribution in [1.82, 2.24) is 4.98 Å². The predicted octanol–water partition coefficient (Wildman–Crippen LogP) is 1.45. The lowest BCUT2D eigenvalue weighted by molar-refractivity contribution is 0.615. The Balaban J connectivity index is 2.83. The van der Waals surface area contributed by atoms with Crippen molar-refractivity contribution in [2.45, 2.75) is 11.8 Å². The van der Waals surface area contributed by atoms with Gasteiger partial charge < -0.3 is 4.98 Å². The molecule has 0 radical (unpaired) electrons. The minimum atomic E-state index is -2.50. The van der Waals surface area contributed by atoms with E-state index in [9.17, 15) is 8.42 Å². The van der Waals surface area contributed by atoms with Crippen molar-refractivity contribution in [3.8, 4) is 0 Å². The number of H-pyrrole nitrogens is 1. The molecule has 0 aliphatic carbocycles. The summed E-state index contributed by atoms with van der Waals surface area (Å²) in [6.07, 6.45) is 1.52. The molecule has 0 aliphatic heterocycles. The lowest BCUT2D eigenvalue weighted by Gasteiger charge is -1.92. The third kappa shape index (κ3) is 1.33. The number of rotatable bonds is 1. The van der Waals surface area contributed by atoms with Crippen LogP contribution >= 0.6 is 0 Å². The molecule has 2 aromatic rings. The second-order valence-electron chi connectivity index (χ2n) is 2.98. The van der Waals surface area contributed by atoms with Gasteiger partial charge in [0.05, 0.1) is 4.90 Å². The average molecular weight is 195 g/mol. The summed E-state index contributed by atoms with van der Waals surface area (Å²) in [7, 11) is -2.50. The number of aromatic nitrogens is 1. The van der Waals surface area contributed by atoms with E-state index in [1.54, 1.807) is 0 Å². The van der Waals surface area contributed by atoms with Crippen LogP contribution < -0.4 is 0 Å². The molecule has 0 atom stereocenters. The molecule has 0 bridgehead atoms. The van der Waals surface area contributed by atoms with E-state index in [4.69, 9.17) is 0 Å². The number of aryl methyl sites for hydroxylation is 1. The highest BCUT2D eigenvalue weighted by Gasteiger charge is 2.04. The Morgan fingerprint density at radius 3 is 2.77 bits per heavy atom. The third-order valence-corrected chi connectivity index (χ3v) is 2.78. The van der Waals surface area contributed by atoms with Gasteiger partial charge in [-0.3, -0.25) is 0 Å². The standard InChI is InChI=1S/C9H9NO2S/c1-6-2-3-7-8(4-6)10-5-9(7)13(11)12/h2-5,10,13H,1H3. The van der Waals surface area contributed by atoms with Crippen molar-refractivity contribution in [1.29, 1.82) is 0 Å². The second kappa shape index (κ2) is 2.88. The zero-order chi connectivity index (χ0) is 9.42. The third-order valence-electron chi connectivity index (χ3n) is 2.01.